The van der Waals surface area contributed by atoms with Gasteiger partial charge in [0.1, 0.15) is 12.1 Å². The highest BCUT2D eigenvalue weighted by Crippen LogP contribution is 2.01. The Morgan fingerprint density at radius 1 is 1.56 bits per heavy atom. The van der Waals surface area contributed by atoms with Crippen LogP contribution in [0.1, 0.15) is 5.56 Å². The molecule has 48 valence electrons. The van der Waals surface area contributed by atoms with Crippen molar-refractivity contribution in [1.82, 2.24) is 9.97 Å². The largest absolute Gasteiger partial charge is 0.383 e. The van der Waals surface area contributed by atoms with Crippen LogP contribution in [0.15, 0.2) is 12.5 Å². The van der Waals surface area contributed by atoms with E-state index in [9.17, 15) is 0 Å². The molecule has 0 unspecified atom stereocenters. The number of nitrogens with two attached hydrogens (primary N) is 2. The first kappa shape index (κ1) is 5.97. The van der Waals surface area contributed by atoms with Crippen LogP contribution in [-0.2, 0) is 6.54 Å². The SMILES string of the molecule is NCc1cncnc1N. The number of nitrogen functional groups attached to an aromatic ring is 1. The maximum Gasteiger partial charge on any atom is 0.131 e. The van der Waals surface area contributed by atoms with Crippen LogP contribution in [0, 0.1) is 0 Å². The third kappa shape index (κ3) is 1.14. The quantitative estimate of drug-likeness (QED) is 0.530. The van der Waals surface area contributed by atoms with Gasteiger partial charge >= 0.3 is 0 Å². The zero-order chi connectivity index (χ0) is 6.69. The van der Waals surface area contributed by atoms with Crippen molar-refractivity contribution in [3.8, 4) is 0 Å². The van der Waals surface area contributed by atoms with Crippen molar-refractivity contribution >= 4 is 5.82 Å². The summed E-state index contributed by atoms with van der Waals surface area (Å²) in [6, 6.07) is 0. The van der Waals surface area contributed by atoms with Crippen molar-refractivity contribution < 1.29 is 0 Å². The summed E-state index contributed by atoms with van der Waals surface area (Å²) in [5.41, 5.74) is 11.5. The maximum atomic E-state index is 5.40. The molecule has 0 aliphatic carbocycles. The molecule has 1 heterocycles. The van der Waals surface area contributed by atoms with Crippen molar-refractivity contribution in [2.75, 3.05) is 5.73 Å². The summed E-state index contributed by atoms with van der Waals surface area (Å²) in [4.78, 5) is 7.48. The minimum absolute atomic E-state index is 0.396. The molecule has 9 heavy (non-hydrogen) atoms. The molecule has 4 N–H and O–H groups in total. The second kappa shape index (κ2) is 2.41. The number of rotatable bonds is 1. The molecule has 0 amide bonds. The second-order valence-corrected chi connectivity index (χ2v) is 1.64. The molecule has 0 fully saturated rings. The van der Waals surface area contributed by atoms with Crippen molar-refractivity contribution in [2.45, 2.75) is 6.54 Å². The fourth-order valence-corrected chi connectivity index (χ4v) is 0.525. The zero-order valence-corrected chi connectivity index (χ0v) is 4.91. The lowest BCUT2D eigenvalue weighted by Crippen LogP contribution is -2.03. The Morgan fingerprint density at radius 2 is 2.33 bits per heavy atom. The summed E-state index contributed by atoms with van der Waals surface area (Å²) in [5.74, 6) is 0.465. The fraction of sp³-hybridized carbons (Fsp3) is 0.200. The Bertz CT molecular complexity index is 198. The van der Waals surface area contributed by atoms with Gasteiger partial charge in [-0.2, -0.15) is 0 Å². The van der Waals surface area contributed by atoms with Crippen molar-refractivity contribution in [2.24, 2.45) is 5.73 Å². The van der Waals surface area contributed by atoms with Crippen LogP contribution in [-0.4, -0.2) is 9.97 Å². The molecule has 0 radical (unpaired) electrons. The van der Waals surface area contributed by atoms with Crippen molar-refractivity contribution in [1.29, 1.82) is 0 Å². The Morgan fingerprint density at radius 3 is 2.78 bits per heavy atom. The maximum absolute atomic E-state index is 5.40. The number of hydrogen-bond acceptors (Lipinski definition) is 4. The molecule has 1 aromatic rings. The Labute approximate surface area is 52.9 Å². The van der Waals surface area contributed by atoms with E-state index in [-0.39, 0.29) is 0 Å². The van der Waals surface area contributed by atoms with Gasteiger partial charge in [-0.05, 0) is 0 Å². The lowest BCUT2D eigenvalue weighted by Gasteiger charge is -1.96. The lowest BCUT2D eigenvalue weighted by atomic mass is 10.3. The van der Waals surface area contributed by atoms with Gasteiger partial charge in [0.15, 0.2) is 0 Å². The summed E-state index contributed by atoms with van der Waals surface area (Å²) in [6.45, 7) is 0.396. The zero-order valence-electron chi connectivity index (χ0n) is 4.91. The van der Waals surface area contributed by atoms with Gasteiger partial charge in [-0.3, -0.25) is 0 Å². The van der Waals surface area contributed by atoms with Gasteiger partial charge in [0.25, 0.3) is 0 Å². The van der Waals surface area contributed by atoms with Crippen LogP contribution in [0.25, 0.3) is 0 Å². The van der Waals surface area contributed by atoms with E-state index in [0.29, 0.717) is 12.4 Å². The average Bonchev–Trinajstić information content (AvgIpc) is 1.89. The topological polar surface area (TPSA) is 77.8 Å². The van der Waals surface area contributed by atoms with Crippen LogP contribution in [0.3, 0.4) is 0 Å². The average molecular weight is 124 g/mol. The lowest BCUT2D eigenvalue weighted by molar-refractivity contribution is 1.02. The highest BCUT2D eigenvalue weighted by atomic mass is 14.9. The van der Waals surface area contributed by atoms with Crippen molar-refractivity contribution in [3.05, 3.63) is 18.1 Å². The molecule has 0 aliphatic rings. The molecular weight excluding hydrogens is 116 g/mol. The molecule has 0 spiro atoms. The molecule has 0 aromatic carbocycles. The van der Waals surface area contributed by atoms with Crippen LogP contribution >= 0.6 is 0 Å². The van der Waals surface area contributed by atoms with Crippen molar-refractivity contribution in [3.63, 3.8) is 0 Å². The van der Waals surface area contributed by atoms with E-state index in [1.54, 1.807) is 6.20 Å². The van der Waals surface area contributed by atoms with Gasteiger partial charge in [-0.1, -0.05) is 0 Å². The van der Waals surface area contributed by atoms with Crippen LogP contribution in [0.2, 0.25) is 0 Å². The summed E-state index contributed by atoms with van der Waals surface area (Å²) in [6.07, 6.45) is 3.01. The van der Waals surface area contributed by atoms with Gasteiger partial charge in [0, 0.05) is 18.3 Å². The van der Waals surface area contributed by atoms with E-state index >= 15 is 0 Å². The highest BCUT2D eigenvalue weighted by molar-refractivity contribution is 5.35. The highest BCUT2D eigenvalue weighted by Gasteiger charge is 1.93. The monoisotopic (exact) mass is 124 g/mol. The standard InChI is InChI=1S/C5H8N4/c6-1-4-2-8-3-9-5(4)7/h2-3H,1,6H2,(H2,7,8,9). The van der Waals surface area contributed by atoms with Gasteiger partial charge in [0.05, 0.1) is 0 Å². The second-order valence-electron chi connectivity index (χ2n) is 1.64. The van der Waals surface area contributed by atoms with E-state index in [0.717, 1.165) is 5.56 Å². The molecule has 1 rings (SSSR count). The Balaban J connectivity index is 3.01. The van der Waals surface area contributed by atoms with E-state index in [1.807, 2.05) is 0 Å². The molecule has 0 aliphatic heterocycles. The predicted octanol–water partition coefficient (Wildman–Crippen LogP) is -0.483. The summed E-state index contributed by atoms with van der Waals surface area (Å²) < 4.78 is 0. The fourth-order valence-electron chi connectivity index (χ4n) is 0.525. The third-order valence-corrected chi connectivity index (χ3v) is 1.04. The van der Waals surface area contributed by atoms with Crippen LogP contribution in [0.4, 0.5) is 5.82 Å². The minimum atomic E-state index is 0.396. The first-order valence-electron chi connectivity index (χ1n) is 2.59. The smallest absolute Gasteiger partial charge is 0.131 e. The summed E-state index contributed by atoms with van der Waals surface area (Å²) in [5, 5.41) is 0. The first-order chi connectivity index (χ1) is 4.34. The molecule has 0 saturated heterocycles. The third-order valence-electron chi connectivity index (χ3n) is 1.04. The van der Waals surface area contributed by atoms with Gasteiger partial charge in [-0.25, -0.2) is 9.97 Å². The number of nitrogens with zero attached hydrogens (tertiary/aromatic N) is 2. The van der Waals surface area contributed by atoms with Crippen LogP contribution in [0.5, 0.6) is 0 Å². The van der Waals surface area contributed by atoms with E-state index < -0.39 is 0 Å². The molecule has 4 heteroatoms. The molecular formula is C5H8N4. The number of aromatic nitrogens is 2. The van der Waals surface area contributed by atoms with Gasteiger partial charge < -0.3 is 11.5 Å². The Kier molecular flexibility index (Phi) is 1.60. The molecule has 0 saturated carbocycles. The van der Waals surface area contributed by atoms with Gasteiger partial charge in [0.2, 0.25) is 0 Å². The summed E-state index contributed by atoms with van der Waals surface area (Å²) >= 11 is 0. The Hall–Kier alpha value is -1.16. The van der Waals surface area contributed by atoms with E-state index in [2.05, 4.69) is 9.97 Å². The summed E-state index contributed by atoms with van der Waals surface area (Å²) in [7, 11) is 0. The predicted molar refractivity (Wildman–Crippen MR) is 34.3 cm³/mol. The molecule has 0 bridgehead atoms. The number of hydrogen-bond donors (Lipinski definition) is 2. The number of anilines is 1. The van der Waals surface area contributed by atoms with Crippen LogP contribution < -0.4 is 11.5 Å². The molecule has 0 atom stereocenters. The van der Waals surface area contributed by atoms with E-state index in [1.165, 1.54) is 6.33 Å². The molecule has 4 nitrogen and oxygen atoms in total. The minimum Gasteiger partial charge on any atom is -0.383 e. The van der Waals surface area contributed by atoms with Gasteiger partial charge in [-0.15, -0.1) is 0 Å². The first-order valence-corrected chi connectivity index (χ1v) is 2.59. The van der Waals surface area contributed by atoms with E-state index in [4.69, 9.17) is 11.5 Å². The molecule has 1 aromatic heterocycles. The normalized spacial score (nSPS) is 9.44.